The summed E-state index contributed by atoms with van der Waals surface area (Å²) in [6.07, 6.45) is 0.199. The SMILES string of the molecule is C[C@H](OC(=O)c1ccccc1-n1cnnn1)C(=O)Nc1ccccc1F. The molecule has 3 aromatic rings. The fourth-order valence-corrected chi connectivity index (χ4v) is 2.19. The molecule has 1 aromatic heterocycles. The highest BCUT2D eigenvalue weighted by Gasteiger charge is 2.22. The van der Waals surface area contributed by atoms with Gasteiger partial charge in [0.15, 0.2) is 6.10 Å². The monoisotopic (exact) mass is 355 g/mol. The topological polar surface area (TPSA) is 99.0 Å². The third kappa shape index (κ3) is 3.72. The van der Waals surface area contributed by atoms with E-state index in [1.165, 1.54) is 42.2 Å². The third-order valence-corrected chi connectivity index (χ3v) is 3.50. The Hall–Kier alpha value is -3.62. The summed E-state index contributed by atoms with van der Waals surface area (Å²) in [6.45, 7) is 1.40. The highest BCUT2D eigenvalue weighted by atomic mass is 19.1. The summed E-state index contributed by atoms with van der Waals surface area (Å²) in [6, 6.07) is 12.2. The second-order valence-electron chi connectivity index (χ2n) is 5.29. The number of tetrazole rings is 1. The largest absolute Gasteiger partial charge is 0.449 e. The molecule has 0 unspecified atom stereocenters. The zero-order chi connectivity index (χ0) is 18.5. The molecular formula is C17H14FN5O3. The smallest absolute Gasteiger partial charge is 0.341 e. The van der Waals surface area contributed by atoms with Gasteiger partial charge in [-0.05, 0) is 41.6 Å². The van der Waals surface area contributed by atoms with Crippen LogP contribution in [0.25, 0.3) is 5.69 Å². The fourth-order valence-electron chi connectivity index (χ4n) is 2.19. The molecule has 9 heteroatoms. The molecule has 0 fully saturated rings. The van der Waals surface area contributed by atoms with Gasteiger partial charge in [-0.1, -0.05) is 24.3 Å². The average molecular weight is 355 g/mol. The highest BCUT2D eigenvalue weighted by molar-refractivity contribution is 5.98. The molecule has 0 saturated heterocycles. The van der Waals surface area contributed by atoms with Crippen LogP contribution in [0.3, 0.4) is 0 Å². The number of nitrogens with one attached hydrogen (secondary N) is 1. The summed E-state index contributed by atoms with van der Waals surface area (Å²) < 4.78 is 20.1. The predicted octanol–water partition coefficient (Wildman–Crippen LogP) is 1.99. The molecule has 1 N–H and O–H groups in total. The highest BCUT2D eigenvalue weighted by Crippen LogP contribution is 2.16. The number of carbonyl (C=O) groups excluding carboxylic acids is 2. The lowest BCUT2D eigenvalue weighted by atomic mass is 10.2. The Kier molecular flexibility index (Phi) is 4.97. The molecule has 1 amide bonds. The van der Waals surface area contributed by atoms with Gasteiger partial charge in [0.05, 0.1) is 16.9 Å². The first-order valence-electron chi connectivity index (χ1n) is 7.65. The van der Waals surface area contributed by atoms with Gasteiger partial charge < -0.3 is 10.1 Å². The van der Waals surface area contributed by atoms with E-state index in [0.29, 0.717) is 5.69 Å². The van der Waals surface area contributed by atoms with Crippen molar-refractivity contribution in [2.24, 2.45) is 0 Å². The summed E-state index contributed by atoms with van der Waals surface area (Å²) in [4.78, 5) is 24.6. The van der Waals surface area contributed by atoms with E-state index in [4.69, 9.17) is 4.74 Å². The van der Waals surface area contributed by atoms with Gasteiger partial charge in [-0.15, -0.1) is 5.10 Å². The number of nitrogens with zero attached hydrogens (tertiary/aromatic N) is 4. The van der Waals surface area contributed by atoms with Crippen LogP contribution < -0.4 is 5.32 Å². The maximum atomic E-state index is 13.6. The first-order valence-corrected chi connectivity index (χ1v) is 7.65. The summed E-state index contributed by atoms with van der Waals surface area (Å²) in [7, 11) is 0. The summed E-state index contributed by atoms with van der Waals surface area (Å²) in [5.41, 5.74) is 0.601. The van der Waals surface area contributed by atoms with Crippen molar-refractivity contribution in [2.75, 3.05) is 5.32 Å². The maximum Gasteiger partial charge on any atom is 0.341 e. The van der Waals surface area contributed by atoms with Crippen LogP contribution in [0.5, 0.6) is 0 Å². The minimum atomic E-state index is -1.14. The zero-order valence-corrected chi connectivity index (χ0v) is 13.7. The molecule has 1 heterocycles. The Labute approximate surface area is 147 Å². The molecule has 0 bridgehead atoms. The zero-order valence-electron chi connectivity index (χ0n) is 13.7. The van der Waals surface area contributed by atoms with E-state index < -0.39 is 23.8 Å². The van der Waals surface area contributed by atoms with Crippen LogP contribution in [0, 0.1) is 5.82 Å². The number of benzene rings is 2. The van der Waals surface area contributed by atoms with Crippen LogP contribution in [0.4, 0.5) is 10.1 Å². The molecule has 0 saturated carbocycles. The van der Waals surface area contributed by atoms with Crippen LogP contribution >= 0.6 is 0 Å². The van der Waals surface area contributed by atoms with Crippen LogP contribution in [-0.4, -0.2) is 38.2 Å². The summed E-state index contributed by atoms with van der Waals surface area (Å²) in [5.74, 6) is -1.96. The van der Waals surface area contributed by atoms with Gasteiger partial charge in [0.1, 0.15) is 12.1 Å². The Bertz CT molecular complexity index is 930. The van der Waals surface area contributed by atoms with Gasteiger partial charge in [0, 0.05) is 0 Å². The van der Waals surface area contributed by atoms with E-state index >= 15 is 0 Å². The normalized spacial score (nSPS) is 11.6. The third-order valence-electron chi connectivity index (χ3n) is 3.50. The van der Waals surface area contributed by atoms with Crippen molar-refractivity contribution in [3.05, 3.63) is 66.2 Å². The number of hydrogen-bond donors (Lipinski definition) is 1. The minimum Gasteiger partial charge on any atom is -0.449 e. The maximum absolute atomic E-state index is 13.6. The molecule has 0 spiro atoms. The number of aromatic nitrogens is 4. The van der Waals surface area contributed by atoms with E-state index in [1.54, 1.807) is 24.3 Å². The Balaban J connectivity index is 1.72. The van der Waals surface area contributed by atoms with Gasteiger partial charge in [0.25, 0.3) is 5.91 Å². The van der Waals surface area contributed by atoms with Gasteiger partial charge in [0.2, 0.25) is 0 Å². The van der Waals surface area contributed by atoms with Crippen molar-refractivity contribution in [1.29, 1.82) is 0 Å². The van der Waals surface area contributed by atoms with Crippen LogP contribution in [0.2, 0.25) is 0 Å². The Morgan fingerprint density at radius 2 is 1.88 bits per heavy atom. The first-order chi connectivity index (χ1) is 12.6. The number of anilines is 1. The molecule has 0 aliphatic carbocycles. The van der Waals surface area contributed by atoms with Gasteiger partial charge in [-0.2, -0.15) is 4.68 Å². The van der Waals surface area contributed by atoms with Gasteiger partial charge in [-0.25, -0.2) is 9.18 Å². The molecule has 8 nitrogen and oxygen atoms in total. The first kappa shape index (κ1) is 17.2. The van der Waals surface area contributed by atoms with E-state index in [-0.39, 0.29) is 11.3 Å². The van der Waals surface area contributed by atoms with E-state index in [2.05, 4.69) is 20.8 Å². The van der Waals surface area contributed by atoms with Crippen molar-refractivity contribution in [3.63, 3.8) is 0 Å². The van der Waals surface area contributed by atoms with Gasteiger partial charge in [-0.3, -0.25) is 4.79 Å². The Morgan fingerprint density at radius 1 is 1.15 bits per heavy atom. The molecule has 0 aliphatic rings. The summed E-state index contributed by atoms with van der Waals surface area (Å²) in [5, 5.41) is 13.2. The molecule has 26 heavy (non-hydrogen) atoms. The lowest BCUT2D eigenvalue weighted by Gasteiger charge is -2.15. The lowest BCUT2D eigenvalue weighted by Crippen LogP contribution is -2.30. The van der Waals surface area contributed by atoms with Crippen LogP contribution in [-0.2, 0) is 9.53 Å². The number of ether oxygens (including phenoxy) is 1. The molecule has 0 aliphatic heterocycles. The number of para-hydroxylation sites is 2. The van der Waals surface area contributed by atoms with Crippen molar-refractivity contribution < 1.29 is 18.7 Å². The van der Waals surface area contributed by atoms with Gasteiger partial charge >= 0.3 is 5.97 Å². The molecule has 1 atom stereocenters. The van der Waals surface area contributed by atoms with Crippen molar-refractivity contribution in [1.82, 2.24) is 20.2 Å². The average Bonchev–Trinajstić information content (AvgIpc) is 3.18. The molecule has 0 radical (unpaired) electrons. The van der Waals surface area contributed by atoms with Crippen LogP contribution in [0.1, 0.15) is 17.3 Å². The quantitative estimate of drug-likeness (QED) is 0.703. The van der Waals surface area contributed by atoms with Crippen molar-refractivity contribution in [3.8, 4) is 5.69 Å². The van der Waals surface area contributed by atoms with E-state index in [0.717, 1.165) is 0 Å². The van der Waals surface area contributed by atoms with E-state index in [9.17, 15) is 14.0 Å². The number of hydrogen-bond acceptors (Lipinski definition) is 6. The fraction of sp³-hybridized carbons (Fsp3) is 0.118. The van der Waals surface area contributed by atoms with E-state index in [1.807, 2.05) is 0 Å². The predicted molar refractivity (Wildman–Crippen MR) is 89.1 cm³/mol. The molecule has 2 aromatic carbocycles. The molecule has 3 rings (SSSR count). The second kappa shape index (κ2) is 7.51. The molecule has 132 valence electrons. The minimum absolute atomic E-state index is 0.00879. The standard InChI is InChI=1S/C17H14FN5O3/c1-11(16(24)20-14-8-4-3-7-13(14)18)26-17(25)12-6-2-5-9-15(12)23-10-19-21-22-23/h2-11H,1H3,(H,20,24)/t11-/m0/s1. The second-order valence-corrected chi connectivity index (χ2v) is 5.29. The number of halogens is 1. The number of esters is 1. The van der Waals surface area contributed by atoms with Crippen molar-refractivity contribution >= 4 is 17.6 Å². The number of carbonyl (C=O) groups is 2. The number of amides is 1. The Morgan fingerprint density at radius 3 is 2.62 bits per heavy atom. The van der Waals surface area contributed by atoms with Crippen LogP contribution in [0.15, 0.2) is 54.9 Å². The molecular weight excluding hydrogens is 341 g/mol. The number of rotatable bonds is 5. The lowest BCUT2D eigenvalue weighted by molar-refractivity contribution is -0.123. The summed E-state index contributed by atoms with van der Waals surface area (Å²) >= 11 is 0. The van der Waals surface area contributed by atoms with Crippen molar-refractivity contribution in [2.45, 2.75) is 13.0 Å².